The van der Waals surface area contributed by atoms with Crippen molar-refractivity contribution >= 4 is 40.7 Å². The van der Waals surface area contributed by atoms with Gasteiger partial charge in [0.05, 0.1) is 10.7 Å². The van der Waals surface area contributed by atoms with E-state index in [0.717, 1.165) is 0 Å². The molecule has 148 valence electrons. The predicted molar refractivity (Wildman–Crippen MR) is 112 cm³/mol. The van der Waals surface area contributed by atoms with Gasteiger partial charge in [-0.3, -0.25) is 14.4 Å². The first kappa shape index (κ1) is 21.4. The fraction of sp³-hybridized carbons (Fsp3) is 0.286. The van der Waals surface area contributed by atoms with Crippen LogP contribution in [0.5, 0.6) is 0 Å². The molecule has 7 heteroatoms. The summed E-state index contributed by atoms with van der Waals surface area (Å²) in [5, 5.41) is 8.49. The number of carbonyl (C=O) groups excluding carboxylic acids is 3. The van der Waals surface area contributed by atoms with Crippen molar-refractivity contribution in [3.05, 3.63) is 59.1 Å². The average Bonchev–Trinajstić information content (AvgIpc) is 2.67. The molecule has 0 fully saturated rings. The van der Waals surface area contributed by atoms with Gasteiger partial charge in [-0.1, -0.05) is 50.1 Å². The van der Waals surface area contributed by atoms with Gasteiger partial charge in [-0.2, -0.15) is 0 Å². The summed E-state index contributed by atoms with van der Waals surface area (Å²) in [6, 6.07) is 12.8. The monoisotopic (exact) mass is 401 g/mol. The van der Waals surface area contributed by atoms with Gasteiger partial charge in [0.1, 0.15) is 6.04 Å². The summed E-state index contributed by atoms with van der Waals surface area (Å²) in [5.74, 6) is -0.959. The second kappa shape index (κ2) is 9.90. The van der Waals surface area contributed by atoms with Crippen molar-refractivity contribution in [3.63, 3.8) is 0 Å². The predicted octanol–water partition coefficient (Wildman–Crippen LogP) is 4.08. The van der Waals surface area contributed by atoms with Crippen LogP contribution in [-0.2, 0) is 9.59 Å². The van der Waals surface area contributed by atoms with Crippen LogP contribution in [-0.4, -0.2) is 23.8 Å². The lowest BCUT2D eigenvalue weighted by atomic mass is 9.97. The fourth-order valence-corrected chi connectivity index (χ4v) is 2.85. The van der Waals surface area contributed by atoms with Gasteiger partial charge in [0.25, 0.3) is 5.91 Å². The number of nitrogens with one attached hydrogen (secondary N) is 3. The maximum absolute atomic E-state index is 12.8. The van der Waals surface area contributed by atoms with Crippen molar-refractivity contribution in [3.8, 4) is 0 Å². The lowest BCUT2D eigenvalue weighted by Crippen LogP contribution is -2.47. The molecular formula is C21H24ClN3O3. The standard InChI is InChI=1S/C21H24ClN3O3/c1-4-13(2)19(25-20(27)15-8-6-5-7-9-15)21(28)24-18-11-10-16(12-17(18)22)23-14(3)26/h5-13,19H,4H2,1-3H3,(H,23,26)(H,24,28)(H,25,27). The summed E-state index contributed by atoms with van der Waals surface area (Å²) in [7, 11) is 0. The maximum Gasteiger partial charge on any atom is 0.251 e. The van der Waals surface area contributed by atoms with E-state index >= 15 is 0 Å². The molecule has 2 aromatic carbocycles. The quantitative estimate of drug-likeness (QED) is 0.653. The Kier molecular flexibility index (Phi) is 7.58. The molecule has 0 heterocycles. The molecule has 0 saturated heterocycles. The third kappa shape index (κ3) is 5.82. The third-order valence-electron chi connectivity index (χ3n) is 4.37. The largest absolute Gasteiger partial charge is 0.340 e. The van der Waals surface area contributed by atoms with Crippen molar-refractivity contribution < 1.29 is 14.4 Å². The molecular weight excluding hydrogens is 378 g/mol. The van der Waals surface area contributed by atoms with Crippen molar-refractivity contribution in [1.29, 1.82) is 0 Å². The Bertz CT molecular complexity index is 855. The van der Waals surface area contributed by atoms with E-state index in [2.05, 4.69) is 16.0 Å². The molecule has 0 bridgehead atoms. The topological polar surface area (TPSA) is 87.3 Å². The van der Waals surface area contributed by atoms with Crippen LogP contribution in [0, 0.1) is 5.92 Å². The van der Waals surface area contributed by atoms with Gasteiger partial charge >= 0.3 is 0 Å². The molecule has 2 unspecified atom stereocenters. The smallest absolute Gasteiger partial charge is 0.251 e. The van der Waals surface area contributed by atoms with Crippen molar-refractivity contribution in [2.24, 2.45) is 5.92 Å². The number of halogens is 1. The number of hydrogen-bond donors (Lipinski definition) is 3. The highest BCUT2D eigenvalue weighted by Gasteiger charge is 2.26. The van der Waals surface area contributed by atoms with Crippen LogP contribution < -0.4 is 16.0 Å². The molecule has 6 nitrogen and oxygen atoms in total. The van der Waals surface area contributed by atoms with Gasteiger partial charge in [-0.05, 0) is 36.2 Å². The summed E-state index contributed by atoms with van der Waals surface area (Å²) in [6.45, 7) is 5.25. The van der Waals surface area contributed by atoms with Crippen LogP contribution in [0.15, 0.2) is 48.5 Å². The summed E-state index contributed by atoms with van der Waals surface area (Å²) in [6.07, 6.45) is 0.711. The van der Waals surface area contributed by atoms with Crippen LogP contribution in [0.4, 0.5) is 11.4 Å². The lowest BCUT2D eigenvalue weighted by Gasteiger charge is -2.24. The first-order valence-corrected chi connectivity index (χ1v) is 9.43. The number of rotatable bonds is 7. The second-order valence-corrected chi connectivity index (χ2v) is 6.97. The molecule has 28 heavy (non-hydrogen) atoms. The Morgan fingerprint density at radius 1 is 1.04 bits per heavy atom. The van der Waals surface area contributed by atoms with Gasteiger partial charge in [-0.25, -0.2) is 0 Å². The summed E-state index contributed by atoms with van der Waals surface area (Å²) in [4.78, 5) is 36.5. The van der Waals surface area contributed by atoms with Crippen LogP contribution in [0.3, 0.4) is 0 Å². The summed E-state index contributed by atoms with van der Waals surface area (Å²) in [5.41, 5.74) is 1.43. The zero-order chi connectivity index (χ0) is 20.7. The van der Waals surface area contributed by atoms with E-state index in [1.165, 1.54) is 6.92 Å². The molecule has 0 aliphatic heterocycles. The van der Waals surface area contributed by atoms with E-state index in [1.54, 1.807) is 42.5 Å². The Balaban J connectivity index is 2.15. The molecule has 0 aliphatic rings. The molecule has 0 saturated carbocycles. The van der Waals surface area contributed by atoms with E-state index < -0.39 is 6.04 Å². The minimum Gasteiger partial charge on any atom is -0.340 e. The molecule has 2 rings (SSSR count). The highest BCUT2D eigenvalue weighted by atomic mass is 35.5. The van der Waals surface area contributed by atoms with Gasteiger partial charge in [0, 0.05) is 18.2 Å². The molecule has 0 aromatic heterocycles. The number of carbonyl (C=O) groups is 3. The SMILES string of the molecule is CCC(C)C(NC(=O)c1ccccc1)C(=O)Nc1ccc(NC(C)=O)cc1Cl. The van der Waals surface area contributed by atoms with Crippen LogP contribution in [0.25, 0.3) is 0 Å². The van der Waals surface area contributed by atoms with E-state index in [-0.39, 0.29) is 28.7 Å². The van der Waals surface area contributed by atoms with Crippen molar-refractivity contribution in [2.45, 2.75) is 33.2 Å². The molecule has 2 atom stereocenters. The van der Waals surface area contributed by atoms with E-state index in [4.69, 9.17) is 11.6 Å². The van der Waals surface area contributed by atoms with Crippen molar-refractivity contribution in [1.82, 2.24) is 5.32 Å². The number of anilines is 2. The Morgan fingerprint density at radius 3 is 2.29 bits per heavy atom. The van der Waals surface area contributed by atoms with Crippen LogP contribution in [0.1, 0.15) is 37.6 Å². The Morgan fingerprint density at radius 2 is 1.71 bits per heavy atom. The lowest BCUT2D eigenvalue weighted by molar-refractivity contribution is -0.119. The molecule has 0 radical (unpaired) electrons. The van der Waals surface area contributed by atoms with Crippen LogP contribution in [0.2, 0.25) is 5.02 Å². The first-order valence-electron chi connectivity index (χ1n) is 9.05. The second-order valence-electron chi connectivity index (χ2n) is 6.57. The average molecular weight is 402 g/mol. The van der Waals surface area contributed by atoms with Gasteiger partial charge in [0.2, 0.25) is 11.8 Å². The Labute approximate surface area is 169 Å². The Hall–Kier alpha value is -2.86. The minimum absolute atomic E-state index is 0.0786. The number of hydrogen-bond acceptors (Lipinski definition) is 3. The highest BCUT2D eigenvalue weighted by Crippen LogP contribution is 2.26. The molecule has 0 aliphatic carbocycles. The van der Waals surface area contributed by atoms with Gasteiger partial charge in [0.15, 0.2) is 0 Å². The molecule has 3 N–H and O–H groups in total. The third-order valence-corrected chi connectivity index (χ3v) is 4.68. The maximum atomic E-state index is 12.8. The normalized spacial score (nSPS) is 12.6. The highest BCUT2D eigenvalue weighted by molar-refractivity contribution is 6.34. The minimum atomic E-state index is -0.719. The molecule has 2 aromatic rings. The summed E-state index contributed by atoms with van der Waals surface area (Å²) >= 11 is 6.22. The van der Waals surface area contributed by atoms with Gasteiger partial charge < -0.3 is 16.0 Å². The summed E-state index contributed by atoms with van der Waals surface area (Å²) < 4.78 is 0. The first-order chi connectivity index (χ1) is 13.3. The van der Waals surface area contributed by atoms with E-state index in [0.29, 0.717) is 23.4 Å². The zero-order valence-corrected chi connectivity index (χ0v) is 16.8. The number of benzene rings is 2. The van der Waals surface area contributed by atoms with E-state index in [1.807, 2.05) is 19.9 Å². The molecule has 3 amide bonds. The van der Waals surface area contributed by atoms with Crippen molar-refractivity contribution in [2.75, 3.05) is 10.6 Å². The molecule has 0 spiro atoms. The fourth-order valence-electron chi connectivity index (χ4n) is 2.62. The zero-order valence-electron chi connectivity index (χ0n) is 16.1. The number of amides is 3. The van der Waals surface area contributed by atoms with E-state index in [9.17, 15) is 14.4 Å². The van der Waals surface area contributed by atoms with Crippen LogP contribution >= 0.6 is 11.6 Å². The van der Waals surface area contributed by atoms with Gasteiger partial charge in [-0.15, -0.1) is 0 Å².